The Balaban J connectivity index is 1.46. The molecule has 0 spiro atoms. The van der Waals surface area contributed by atoms with Crippen molar-refractivity contribution in [2.45, 2.75) is 50.7 Å². The number of hydrogen-bond acceptors (Lipinski definition) is 5. The average molecular weight is 375 g/mol. The van der Waals surface area contributed by atoms with Crippen molar-refractivity contribution in [2.75, 3.05) is 13.2 Å². The first-order valence-electron chi connectivity index (χ1n) is 9.33. The summed E-state index contributed by atoms with van der Waals surface area (Å²) in [7, 11) is 0. The molecule has 1 aliphatic carbocycles. The molecule has 0 bridgehead atoms. The van der Waals surface area contributed by atoms with E-state index >= 15 is 0 Å². The summed E-state index contributed by atoms with van der Waals surface area (Å²) in [5, 5.41) is 12.2. The Morgan fingerprint density at radius 1 is 1.26 bits per heavy atom. The van der Waals surface area contributed by atoms with Gasteiger partial charge in [-0.3, -0.25) is 14.6 Å². The molecular formula is C19H25N3O5. The molecule has 146 valence electrons. The average Bonchev–Trinajstić information content (AvgIpc) is 3.07. The molecule has 0 radical (unpaired) electrons. The number of carbonyl (C=O) groups excluding carboxylic acids is 2. The van der Waals surface area contributed by atoms with Crippen molar-refractivity contribution in [2.24, 2.45) is 5.92 Å². The molecule has 8 nitrogen and oxygen atoms in total. The van der Waals surface area contributed by atoms with Crippen molar-refractivity contribution in [1.82, 2.24) is 15.2 Å². The van der Waals surface area contributed by atoms with Gasteiger partial charge < -0.3 is 20.1 Å². The summed E-state index contributed by atoms with van der Waals surface area (Å²) in [6, 6.07) is 2.82. The number of carboxylic acid groups (broad SMARTS) is 1. The van der Waals surface area contributed by atoms with Gasteiger partial charge in [-0.05, 0) is 36.8 Å². The molecular weight excluding hydrogens is 350 g/mol. The smallest absolute Gasteiger partial charge is 0.326 e. The zero-order valence-corrected chi connectivity index (χ0v) is 15.2. The largest absolute Gasteiger partial charge is 0.480 e. The SMILES string of the molecule is O=C(COCC(=O)N1C(C(=O)O)CC2CCCCC21)NCc1cccnc1. The molecule has 1 aromatic heterocycles. The Morgan fingerprint density at radius 2 is 2.07 bits per heavy atom. The number of rotatable bonds is 7. The predicted octanol–water partition coefficient (Wildman–Crippen LogP) is 0.959. The van der Waals surface area contributed by atoms with E-state index in [4.69, 9.17) is 4.74 Å². The summed E-state index contributed by atoms with van der Waals surface area (Å²) in [5.41, 5.74) is 0.867. The number of aliphatic carboxylic acids is 1. The van der Waals surface area contributed by atoms with Gasteiger partial charge in [0, 0.05) is 25.0 Å². The molecule has 3 rings (SSSR count). The van der Waals surface area contributed by atoms with Gasteiger partial charge in [-0.25, -0.2) is 4.79 Å². The van der Waals surface area contributed by atoms with Gasteiger partial charge in [0.15, 0.2) is 0 Å². The second-order valence-corrected chi connectivity index (χ2v) is 7.13. The van der Waals surface area contributed by atoms with Crippen LogP contribution in [0.3, 0.4) is 0 Å². The first kappa shape index (κ1) is 19.3. The fourth-order valence-electron chi connectivity index (χ4n) is 4.10. The van der Waals surface area contributed by atoms with Crippen LogP contribution in [0.5, 0.6) is 0 Å². The van der Waals surface area contributed by atoms with Crippen LogP contribution in [0.4, 0.5) is 0 Å². The first-order chi connectivity index (χ1) is 13.1. The molecule has 2 amide bonds. The van der Waals surface area contributed by atoms with Crippen molar-refractivity contribution < 1.29 is 24.2 Å². The fraction of sp³-hybridized carbons (Fsp3) is 0.579. The summed E-state index contributed by atoms with van der Waals surface area (Å²) in [6.07, 6.45) is 7.72. The number of fused-ring (bicyclic) bond motifs is 1. The van der Waals surface area contributed by atoms with Gasteiger partial charge in [0.05, 0.1) is 0 Å². The summed E-state index contributed by atoms with van der Waals surface area (Å²) < 4.78 is 5.25. The number of carbonyl (C=O) groups is 3. The lowest BCUT2D eigenvalue weighted by Crippen LogP contribution is -2.48. The number of nitrogens with zero attached hydrogens (tertiary/aromatic N) is 2. The molecule has 3 unspecified atom stereocenters. The standard InChI is InChI=1S/C19H25N3O5/c23-17(21-10-13-4-3-7-20-9-13)11-27-12-18(24)22-15-6-2-1-5-14(15)8-16(22)19(25)26/h3-4,7,9,14-16H,1-2,5-6,8,10-12H2,(H,21,23)(H,25,26). The highest BCUT2D eigenvalue weighted by atomic mass is 16.5. The highest BCUT2D eigenvalue weighted by Gasteiger charge is 2.47. The minimum atomic E-state index is -0.966. The Hall–Kier alpha value is -2.48. The molecule has 1 saturated heterocycles. The number of aromatic nitrogens is 1. The van der Waals surface area contributed by atoms with Crippen molar-refractivity contribution in [1.29, 1.82) is 0 Å². The molecule has 3 atom stereocenters. The molecule has 2 heterocycles. The minimum Gasteiger partial charge on any atom is -0.480 e. The molecule has 2 aliphatic rings. The maximum absolute atomic E-state index is 12.6. The number of ether oxygens (including phenoxy) is 1. The van der Waals surface area contributed by atoms with E-state index in [1.165, 1.54) is 4.90 Å². The van der Waals surface area contributed by atoms with Crippen LogP contribution in [0.15, 0.2) is 24.5 Å². The Kier molecular flexibility index (Phi) is 6.39. The highest BCUT2D eigenvalue weighted by molar-refractivity contribution is 5.86. The van der Waals surface area contributed by atoms with E-state index in [1.807, 2.05) is 6.07 Å². The van der Waals surface area contributed by atoms with Crippen LogP contribution < -0.4 is 5.32 Å². The number of nitrogens with one attached hydrogen (secondary N) is 1. The zero-order valence-electron chi connectivity index (χ0n) is 15.2. The maximum Gasteiger partial charge on any atom is 0.326 e. The molecule has 1 aliphatic heterocycles. The van der Waals surface area contributed by atoms with Crippen LogP contribution in [-0.2, 0) is 25.7 Å². The molecule has 2 fully saturated rings. The van der Waals surface area contributed by atoms with E-state index in [0.717, 1.165) is 31.2 Å². The van der Waals surface area contributed by atoms with Crippen LogP contribution in [0.1, 0.15) is 37.7 Å². The number of amides is 2. The van der Waals surface area contributed by atoms with Crippen LogP contribution in [0.25, 0.3) is 0 Å². The van der Waals surface area contributed by atoms with Crippen LogP contribution in [0, 0.1) is 5.92 Å². The summed E-state index contributed by atoms with van der Waals surface area (Å²) in [5.74, 6) is -1.39. The normalized spacial score (nSPS) is 24.3. The third-order valence-corrected chi connectivity index (χ3v) is 5.33. The van der Waals surface area contributed by atoms with Gasteiger partial charge in [0.2, 0.25) is 11.8 Å². The highest BCUT2D eigenvalue weighted by Crippen LogP contribution is 2.39. The lowest BCUT2D eigenvalue weighted by atomic mass is 9.85. The quantitative estimate of drug-likeness (QED) is 0.735. The lowest BCUT2D eigenvalue weighted by Gasteiger charge is -2.32. The van der Waals surface area contributed by atoms with E-state index in [1.54, 1.807) is 18.5 Å². The van der Waals surface area contributed by atoms with Gasteiger partial charge in [0.1, 0.15) is 19.3 Å². The molecule has 2 N–H and O–H groups in total. The molecule has 27 heavy (non-hydrogen) atoms. The van der Waals surface area contributed by atoms with Gasteiger partial charge in [0.25, 0.3) is 0 Å². The number of likely N-dealkylation sites (tertiary alicyclic amines) is 1. The van der Waals surface area contributed by atoms with Crippen LogP contribution in [-0.4, -0.2) is 58.1 Å². The van der Waals surface area contributed by atoms with Crippen LogP contribution >= 0.6 is 0 Å². The number of pyridine rings is 1. The van der Waals surface area contributed by atoms with E-state index in [-0.39, 0.29) is 37.0 Å². The Morgan fingerprint density at radius 3 is 2.81 bits per heavy atom. The molecule has 1 aromatic rings. The third-order valence-electron chi connectivity index (χ3n) is 5.33. The first-order valence-corrected chi connectivity index (χ1v) is 9.33. The van der Waals surface area contributed by atoms with E-state index in [0.29, 0.717) is 13.0 Å². The zero-order chi connectivity index (χ0) is 19.2. The molecule has 1 saturated carbocycles. The van der Waals surface area contributed by atoms with E-state index < -0.39 is 12.0 Å². The van der Waals surface area contributed by atoms with E-state index in [2.05, 4.69) is 10.3 Å². The maximum atomic E-state index is 12.6. The molecule has 0 aromatic carbocycles. The predicted molar refractivity (Wildman–Crippen MR) is 95.5 cm³/mol. The summed E-state index contributed by atoms with van der Waals surface area (Å²) in [4.78, 5) is 41.4. The van der Waals surface area contributed by atoms with Crippen molar-refractivity contribution in [3.8, 4) is 0 Å². The van der Waals surface area contributed by atoms with Gasteiger partial charge >= 0.3 is 5.97 Å². The number of hydrogen-bond donors (Lipinski definition) is 2. The molecule has 8 heteroatoms. The van der Waals surface area contributed by atoms with Crippen molar-refractivity contribution in [3.63, 3.8) is 0 Å². The lowest BCUT2D eigenvalue weighted by molar-refractivity contribution is -0.152. The van der Waals surface area contributed by atoms with Gasteiger partial charge in [-0.15, -0.1) is 0 Å². The van der Waals surface area contributed by atoms with Crippen LogP contribution in [0.2, 0.25) is 0 Å². The number of carboxylic acids is 1. The van der Waals surface area contributed by atoms with Gasteiger partial charge in [-0.2, -0.15) is 0 Å². The summed E-state index contributed by atoms with van der Waals surface area (Å²) >= 11 is 0. The monoisotopic (exact) mass is 375 g/mol. The van der Waals surface area contributed by atoms with Crippen molar-refractivity contribution in [3.05, 3.63) is 30.1 Å². The Bertz CT molecular complexity index is 681. The third kappa shape index (κ3) is 4.82. The Labute approximate surface area is 157 Å². The minimum absolute atomic E-state index is 0.0182. The second kappa shape index (κ2) is 8.94. The topological polar surface area (TPSA) is 109 Å². The van der Waals surface area contributed by atoms with Gasteiger partial charge in [-0.1, -0.05) is 18.9 Å². The van der Waals surface area contributed by atoms with Crippen molar-refractivity contribution >= 4 is 17.8 Å². The second-order valence-electron chi connectivity index (χ2n) is 7.13. The summed E-state index contributed by atoms with van der Waals surface area (Å²) in [6.45, 7) is -0.195. The van der Waals surface area contributed by atoms with E-state index in [9.17, 15) is 19.5 Å². The fourth-order valence-corrected chi connectivity index (χ4v) is 4.10.